The second-order valence-corrected chi connectivity index (χ2v) is 7.28. The zero-order chi connectivity index (χ0) is 23.3. The Labute approximate surface area is 192 Å². The molecule has 6 heteroatoms. The molecule has 0 spiro atoms. The molecule has 3 rings (SSSR count). The Morgan fingerprint density at radius 2 is 1.15 bits per heavy atom. The number of esters is 1. The SMILES string of the molecule is O=C(/C=C/C(=O)C(Cc1ccccc1)NC(=O)OCc1ccccc1)OCc1ccccc1. The molecule has 1 atom stereocenters. The Bertz CT molecular complexity index is 1070. The topological polar surface area (TPSA) is 81.7 Å². The van der Waals surface area contributed by atoms with E-state index in [1.165, 1.54) is 0 Å². The minimum Gasteiger partial charge on any atom is -0.458 e. The van der Waals surface area contributed by atoms with Gasteiger partial charge in [0.2, 0.25) is 0 Å². The molecule has 0 fully saturated rings. The first-order valence-electron chi connectivity index (χ1n) is 10.5. The van der Waals surface area contributed by atoms with Gasteiger partial charge in [0.25, 0.3) is 0 Å². The molecule has 1 amide bonds. The molecule has 0 aliphatic heterocycles. The summed E-state index contributed by atoms with van der Waals surface area (Å²) < 4.78 is 10.4. The molecule has 0 saturated carbocycles. The van der Waals surface area contributed by atoms with Gasteiger partial charge in [-0.3, -0.25) is 4.79 Å². The molecule has 0 aromatic heterocycles. The highest BCUT2D eigenvalue weighted by molar-refractivity contribution is 6.00. The van der Waals surface area contributed by atoms with Crippen LogP contribution in [0.25, 0.3) is 0 Å². The van der Waals surface area contributed by atoms with Crippen LogP contribution in [0.5, 0.6) is 0 Å². The number of ketones is 1. The summed E-state index contributed by atoms with van der Waals surface area (Å²) in [6, 6.07) is 26.9. The number of carbonyl (C=O) groups is 3. The maximum Gasteiger partial charge on any atom is 0.408 e. The van der Waals surface area contributed by atoms with Gasteiger partial charge in [-0.15, -0.1) is 0 Å². The van der Waals surface area contributed by atoms with Gasteiger partial charge in [-0.05, 0) is 22.8 Å². The number of hydrogen-bond donors (Lipinski definition) is 1. The van der Waals surface area contributed by atoms with E-state index in [0.29, 0.717) is 0 Å². The Kier molecular flexibility index (Phi) is 8.97. The number of nitrogens with one attached hydrogen (secondary N) is 1. The molecule has 0 aliphatic rings. The van der Waals surface area contributed by atoms with Gasteiger partial charge in [0.15, 0.2) is 5.78 Å². The fourth-order valence-electron chi connectivity index (χ4n) is 3.02. The molecule has 0 heterocycles. The van der Waals surface area contributed by atoms with Crippen molar-refractivity contribution in [1.29, 1.82) is 0 Å². The summed E-state index contributed by atoms with van der Waals surface area (Å²) in [5.41, 5.74) is 2.54. The fourth-order valence-corrected chi connectivity index (χ4v) is 3.02. The number of benzene rings is 3. The number of alkyl carbamates (subject to hydrolysis) is 1. The molecular weight excluding hydrogens is 418 g/mol. The van der Waals surface area contributed by atoms with E-state index in [-0.39, 0.29) is 19.6 Å². The van der Waals surface area contributed by atoms with Crippen molar-refractivity contribution < 1.29 is 23.9 Å². The van der Waals surface area contributed by atoms with Crippen LogP contribution < -0.4 is 5.32 Å². The van der Waals surface area contributed by atoms with Gasteiger partial charge < -0.3 is 14.8 Å². The first-order chi connectivity index (χ1) is 16.1. The normalized spacial score (nSPS) is 11.5. The van der Waals surface area contributed by atoms with Gasteiger partial charge >= 0.3 is 12.1 Å². The van der Waals surface area contributed by atoms with Crippen molar-refractivity contribution in [2.24, 2.45) is 0 Å². The van der Waals surface area contributed by atoms with Crippen LogP contribution in [-0.2, 0) is 38.7 Å². The third kappa shape index (κ3) is 8.45. The lowest BCUT2D eigenvalue weighted by atomic mass is 10.0. The highest BCUT2D eigenvalue weighted by Crippen LogP contribution is 2.07. The summed E-state index contributed by atoms with van der Waals surface area (Å²) in [5.74, 6) is -1.08. The van der Waals surface area contributed by atoms with E-state index in [1.54, 1.807) is 0 Å². The van der Waals surface area contributed by atoms with Crippen molar-refractivity contribution in [2.45, 2.75) is 25.7 Å². The largest absolute Gasteiger partial charge is 0.458 e. The van der Waals surface area contributed by atoms with Gasteiger partial charge in [0, 0.05) is 12.5 Å². The van der Waals surface area contributed by atoms with Crippen LogP contribution >= 0.6 is 0 Å². The van der Waals surface area contributed by atoms with Crippen molar-refractivity contribution in [3.63, 3.8) is 0 Å². The Balaban J connectivity index is 1.58. The van der Waals surface area contributed by atoms with E-state index in [9.17, 15) is 14.4 Å². The van der Waals surface area contributed by atoms with Crippen LogP contribution in [0.15, 0.2) is 103 Å². The quantitative estimate of drug-likeness (QED) is 0.371. The number of amides is 1. The molecule has 0 bridgehead atoms. The summed E-state index contributed by atoms with van der Waals surface area (Å²) >= 11 is 0. The van der Waals surface area contributed by atoms with Crippen LogP contribution in [0, 0.1) is 0 Å². The van der Waals surface area contributed by atoms with Crippen molar-refractivity contribution in [2.75, 3.05) is 0 Å². The van der Waals surface area contributed by atoms with Gasteiger partial charge in [-0.25, -0.2) is 9.59 Å². The molecule has 1 N–H and O–H groups in total. The maximum absolute atomic E-state index is 12.8. The lowest BCUT2D eigenvalue weighted by Crippen LogP contribution is -2.42. The zero-order valence-corrected chi connectivity index (χ0v) is 18.1. The fraction of sp³-hybridized carbons (Fsp3) is 0.148. The number of rotatable bonds is 10. The molecule has 168 valence electrons. The Hall–Kier alpha value is -4.19. The van der Waals surface area contributed by atoms with E-state index in [0.717, 1.165) is 28.8 Å². The van der Waals surface area contributed by atoms with E-state index in [2.05, 4.69) is 5.32 Å². The van der Waals surface area contributed by atoms with Gasteiger partial charge in [0.05, 0.1) is 6.04 Å². The first kappa shape index (κ1) is 23.5. The zero-order valence-electron chi connectivity index (χ0n) is 18.1. The predicted octanol–water partition coefficient (Wildman–Crippen LogP) is 4.39. The summed E-state index contributed by atoms with van der Waals surface area (Å²) in [7, 11) is 0. The molecule has 0 radical (unpaired) electrons. The van der Waals surface area contributed by atoms with Crippen LogP contribution in [-0.4, -0.2) is 23.9 Å². The molecule has 6 nitrogen and oxygen atoms in total. The number of hydrogen-bond acceptors (Lipinski definition) is 5. The Morgan fingerprint density at radius 1 is 0.667 bits per heavy atom. The number of carbonyl (C=O) groups excluding carboxylic acids is 3. The smallest absolute Gasteiger partial charge is 0.408 e. The van der Waals surface area contributed by atoms with Gasteiger partial charge in [-0.2, -0.15) is 0 Å². The van der Waals surface area contributed by atoms with E-state index in [1.807, 2.05) is 91.0 Å². The summed E-state index contributed by atoms with van der Waals surface area (Å²) in [4.78, 5) is 37.1. The van der Waals surface area contributed by atoms with Crippen LogP contribution in [0.1, 0.15) is 16.7 Å². The third-order valence-electron chi connectivity index (χ3n) is 4.74. The lowest BCUT2D eigenvalue weighted by molar-refractivity contribution is -0.139. The summed E-state index contributed by atoms with van der Waals surface area (Å²) in [6.07, 6.45) is 1.73. The maximum atomic E-state index is 12.8. The molecule has 3 aromatic carbocycles. The molecule has 33 heavy (non-hydrogen) atoms. The monoisotopic (exact) mass is 443 g/mol. The van der Waals surface area contributed by atoms with Crippen molar-refractivity contribution in [3.05, 3.63) is 120 Å². The third-order valence-corrected chi connectivity index (χ3v) is 4.74. The highest BCUT2D eigenvalue weighted by atomic mass is 16.5. The molecular formula is C27H25NO5. The average molecular weight is 443 g/mol. The van der Waals surface area contributed by atoms with E-state index in [4.69, 9.17) is 9.47 Å². The highest BCUT2D eigenvalue weighted by Gasteiger charge is 2.20. The van der Waals surface area contributed by atoms with Crippen molar-refractivity contribution >= 4 is 17.8 Å². The second-order valence-electron chi connectivity index (χ2n) is 7.28. The lowest BCUT2D eigenvalue weighted by Gasteiger charge is -2.16. The summed E-state index contributed by atoms with van der Waals surface area (Å²) in [5, 5.41) is 2.60. The van der Waals surface area contributed by atoms with Gasteiger partial charge in [-0.1, -0.05) is 91.0 Å². The van der Waals surface area contributed by atoms with E-state index < -0.39 is 23.9 Å². The number of ether oxygens (including phenoxy) is 2. The van der Waals surface area contributed by atoms with Crippen molar-refractivity contribution in [3.8, 4) is 0 Å². The average Bonchev–Trinajstić information content (AvgIpc) is 2.86. The van der Waals surface area contributed by atoms with Crippen LogP contribution in [0.4, 0.5) is 4.79 Å². The molecule has 3 aromatic rings. The molecule has 1 unspecified atom stereocenters. The Morgan fingerprint density at radius 3 is 1.70 bits per heavy atom. The minimum absolute atomic E-state index is 0.0839. The first-order valence-corrected chi connectivity index (χ1v) is 10.5. The summed E-state index contributed by atoms with van der Waals surface area (Å²) in [6.45, 7) is 0.191. The molecule has 0 aliphatic carbocycles. The molecule has 0 saturated heterocycles. The standard InChI is InChI=1S/C27H25NO5/c29-25(16-17-26(30)32-19-22-12-6-2-7-13-22)24(18-21-10-4-1-5-11-21)28-27(31)33-20-23-14-8-3-9-15-23/h1-17,24H,18-20H2,(H,28,31)/b17-16+. The minimum atomic E-state index is -0.895. The van der Waals surface area contributed by atoms with Crippen LogP contribution in [0.3, 0.4) is 0 Å². The predicted molar refractivity (Wildman–Crippen MR) is 124 cm³/mol. The second kappa shape index (κ2) is 12.6. The van der Waals surface area contributed by atoms with Crippen LogP contribution in [0.2, 0.25) is 0 Å². The van der Waals surface area contributed by atoms with E-state index >= 15 is 0 Å². The van der Waals surface area contributed by atoms with Crippen molar-refractivity contribution in [1.82, 2.24) is 5.32 Å². The van der Waals surface area contributed by atoms with Gasteiger partial charge in [0.1, 0.15) is 13.2 Å².